The standard InChI is InChI=1S/C14H24N2O/c1-10-12(3)17-14(16-10)9-15-11(2)13-7-5-4-6-8-13/h11,13,15H,4-9H2,1-3H3. The lowest BCUT2D eigenvalue weighted by molar-refractivity contribution is 0.274. The van der Waals surface area contributed by atoms with E-state index in [2.05, 4.69) is 17.2 Å². The summed E-state index contributed by atoms with van der Waals surface area (Å²) in [4.78, 5) is 4.40. The minimum Gasteiger partial charge on any atom is -0.444 e. The average Bonchev–Trinajstić information content (AvgIpc) is 2.67. The fourth-order valence-corrected chi connectivity index (χ4v) is 2.66. The van der Waals surface area contributed by atoms with Crippen molar-refractivity contribution in [1.82, 2.24) is 10.3 Å². The predicted octanol–water partition coefficient (Wildman–Crippen LogP) is 3.35. The molecule has 96 valence electrons. The molecule has 1 aromatic heterocycles. The first-order chi connectivity index (χ1) is 8.16. The van der Waals surface area contributed by atoms with Crippen LogP contribution < -0.4 is 5.32 Å². The molecule has 0 saturated heterocycles. The fourth-order valence-electron chi connectivity index (χ4n) is 2.66. The number of oxazole rings is 1. The molecule has 1 aliphatic rings. The van der Waals surface area contributed by atoms with E-state index in [1.165, 1.54) is 32.1 Å². The molecule has 17 heavy (non-hydrogen) atoms. The summed E-state index contributed by atoms with van der Waals surface area (Å²) in [5, 5.41) is 3.55. The molecule has 0 radical (unpaired) electrons. The van der Waals surface area contributed by atoms with Gasteiger partial charge in [0.2, 0.25) is 5.89 Å². The Kier molecular flexibility index (Phi) is 4.21. The van der Waals surface area contributed by atoms with Gasteiger partial charge in [0, 0.05) is 6.04 Å². The van der Waals surface area contributed by atoms with E-state index in [9.17, 15) is 0 Å². The van der Waals surface area contributed by atoms with E-state index in [-0.39, 0.29) is 0 Å². The van der Waals surface area contributed by atoms with Crippen LogP contribution in [0.25, 0.3) is 0 Å². The summed E-state index contributed by atoms with van der Waals surface area (Å²) in [6.07, 6.45) is 6.96. The van der Waals surface area contributed by atoms with Gasteiger partial charge in [-0.3, -0.25) is 0 Å². The second-order valence-corrected chi connectivity index (χ2v) is 5.32. The van der Waals surface area contributed by atoms with E-state index in [0.717, 1.165) is 29.8 Å². The van der Waals surface area contributed by atoms with Crippen LogP contribution in [0.4, 0.5) is 0 Å². The van der Waals surface area contributed by atoms with Crippen LogP contribution in [-0.4, -0.2) is 11.0 Å². The molecular formula is C14H24N2O. The summed E-state index contributed by atoms with van der Waals surface area (Å²) >= 11 is 0. The summed E-state index contributed by atoms with van der Waals surface area (Å²) < 4.78 is 5.58. The highest BCUT2D eigenvalue weighted by molar-refractivity contribution is 5.05. The number of nitrogens with zero attached hydrogens (tertiary/aromatic N) is 1. The zero-order valence-corrected chi connectivity index (χ0v) is 11.3. The third kappa shape index (κ3) is 3.32. The van der Waals surface area contributed by atoms with E-state index >= 15 is 0 Å². The molecule has 1 heterocycles. The smallest absolute Gasteiger partial charge is 0.208 e. The van der Waals surface area contributed by atoms with E-state index in [1.807, 2.05) is 13.8 Å². The van der Waals surface area contributed by atoms with E-state index < -0.39 is 0 Å². The van der Waals surface area contributed by atoms with Gasteiger partial charge in [-0.2, -0.15) is 0 Å². The van der Waals surface area contributed by atoms with Crippen molar-refractivity contribution in [3.05, 3.63) is 17.3 Å². The molecule has 0 amide bonds. The maximum Gasteiger partial charge on any atom is 0.208 e. The van der Waals surface area contributed by atoms with Crippen LogP contribution in [0.5, 0.6) is 0 Å². The quantitative estimate of drug-likeness (QED) is 0.871. The van der Waals surface area contributed by atoms with Crippen LogP contribution in [0.3, 0.4) is 0 Å². The minimum absolute atomic E-state index is 0.572. The number of rotatable bonds is 4. The van der Waals surface area contributed by atoms with Crippen molar-refractivity contribution in [3.63, 3.8) is 0 Å². The predicted molar refractivity (Wildman–Crippen MR) is 68.9 cm³/mol. The van der Waals surface area contributed by atoms with Gasteiger partial charge in [0.1, 0.15) is 5.76 Å². The molecule has 3 nitrogen and oxygen atoms in total. The Morgan fingerprint density at radius 3 is 2.59 bits per heavy atom. The zero-order chi connectivity index (χ0) is 12.3. The first-order valence-corrected chi connectivity index (χ1v) is 6.83. The van der Waals surface area contributed by atoms with Crippen molar-refractivity contribution >= 4 is 0 Å². The van der Waals surface area contributed by atoms with Crippen LogP contribution in [-0.2, 0) is 6.54 Å². The van der Waals surface area contributed by atoms with Gasteiger partial charge in [0.25, 0.3) is 0 Å². The van der Waals surface area contributed by atoms with Gasteiger partial charge in [0.15, 0.2) is 0 Å². The van der Waals surface area contributed by atoms with Crippen LogP contribution in [0.15, 0.2) is 4.42 Å². The first-order valence-electron chi connectivity index (χ1n) is 6.83. The molecule has 1 N–H and O–H groups in total. The van der Waals surface area contributed by atoms with Crippen molar-refractivity contribution in [2.24, 2.45) is 5.92 Å². The van der Waals surface area contributed by atoms with Crippen molar-refractivity contribution in [2.75, 3.05) is 0 Å². The van der Waals surface area contributed by atoms with Crippen molar-refractivity contribution in [2.45, 2.75) is 65.5 Å². The molecule has 0 aliphatic heterocycles. The van der Waals surface area contributed by atoms with Crippen LogP contribution in [0.1, 0.15) is 56.4 Å². The summed E-state index contributed by atoms with van der Waals surface area (Å²) in [5.74, 6) is 2.59. The molecule has 0 spiro atoms. The van der Waals surface area contributed by atoms with Gasteiger partial charge >= 0.3 is 0 Å². The van der Waals surface area contributed by atoms with Crippen molar-refractivity contribution in [3.8, 4) is 0 Å². The molecule has 0 bridgehead atoms. The highest BCUT2D eigenvalue weighted by Gasteiger charge is 2.20. The Morgan fingerprint density at radius 2 is 2.00 bits per heavy atom. The zero-order valence-electron chi connectivity index (χ0n) is 11.3. The van der Waals surface area contributed by atoms with E-state index in [0.29, 0.717) is 6.04 Å². The van der Waals surface area contributed by atoms with Crippen LogP contribution in [0, 0.1) is 19.8 Å². The third-order valence-electron chi connectivity index (χ3n) is 4.01. The molecule has 2 rings (SSSR count). The fraction of sp³-hybridized carbons (Fsp3) is 0.786. The largest absolute Gasteiger partial charge is 0.444 e. The van der Waals surface area contributed by atoms with Crippen LogP contribution in [0.2, 0.25) is 0 Å². The molecule has 1 fully saturated rings. The van der Waals surface area contributed by atoms with Gasteiger partial charge in [-0.25, -0.2) is 4.98 Å². The number of aromatic nitrogens is 1. The normalized spacial score (nSPS) is 19.5. The maximum atomic E-state index is 5.58. The summed E-state index contributed by atoms with van der Waals surface area (Å²) in [5.41, 5.74) is 1.01. The number of hydrogen-bond donors (Lipinski definition) is 1. The summed E-state index contributed by atoms with van der Waals surface area (Å²) in [7, 11) is 0. The average molecular weight is 236 g/mol. The lowest BCUT2D eigenvalue weighted by Crippen LogP contribution is -2.34. The Labute approximate surface area is 104 Å². The molecular weight excluding hydrogens is 212 g/mol. The lowest BCUT2D eigenvalue weighted by atomic mass is 9.84. The Morgan fingerprint density at radius 1 is 1.29 bits per heavy atom. The maximum absolute atomic E-state index is 5.58. The Hall–Kier alpha value is -0.830. The number of hydrogen-bond acceptors (Lipinski definition) is 3. The topological polar surface area (TPSA) is 38.1 Å². The van der Waals surface area contributed by atoms with Crippen LogP contribution >= 0.6 is 0 Å². The molecule has 1 unspecified atom stereocenters. The second kappa shape index (κ2) is 5.67. The van der Waals surface area contributed by atoms with E-state index in [1.54, 1.807) is 0 Å². The van der Waals surface area contributed by atoms with Gasteiger partial charge in [-0.05, 0) is 39.5 Å². The monoisotopic (exact) mass is 236 g/mol. The lowest BCUT2D eigenvalue weighted by Gasteiger charge is -2.28. The Bertz CT molecular complexity index is 334. The molecule has 1 saturated carbocycles. The minimum atomic E-state index is 0.572. The molecule has 0 aromatic carbocycles. The second-order valence-electron chi connectivity index (χ2n) is 5.32. The number of aryl methyl sites for hydroxylation is 2. The highest BCUT2D eigenvalue weighted by Crippen LogP contribution is 2.26. The summed E-state index contributed by atoms with van der Waals surface area (Å²) in [6, 6.07) is 0.572. The van der Waals surface area contributed by atoms with Gasteiger partial charge in [0.05, 0.1) is 12.2 Å². The summed E-state index contributed by atoms with van der Waals surface area (Å²) in [6.45, 7) is 7.01. The molecule has 1 aliphatic carbocycles. The van der Waals surface area contributed by atoms with Crippen molar-refractivity contribution < 1.29 is 4.42 Å². The van der Waals surface area contributed by atoms with Gasteiger partial charge in [-0.1, -0.05) is 19.3 Å². The molecule has 1 aromatic rings. The number of nitrogens with one attached hydrogen (secondary N) is 1. The first kappa shape index (κ1) is 12.6. The highest BCUT2D eigenvalue weighted by atomic mass is 16.4. The van der Waals surface area contributed by atoms with Gasteiger partial charge < -0.3 is 9.73 Å². The molecule has 3 heteroatoms. The SMILES string of the molecule is Cc1nc(CNC(C)C2CCCCC2)oc1C. The molecule has 1 atom stereocenters. The Balaban J connectivity index is 1.80. The van der Waals surface area contributed by atoms with Crippen molar-refractivity contribution in [1.29, 1.82) is 0 Å². The van der Waals surface area contributed by atoms with Gasteiger partial charge in [-0.15, -0.1) is 0 Å². The third-order valence-corrected chi connectivity index (χ3v) is 4.01. The van der Waals surface area contributed by atoms with E-state index in [4.69, 9.17) is 4.42 Å².